The Morgan fingerprint density at radius 2 is 2.23 bits per heavy atom. The van der Waals surface area contributed by atoms with Crippen molar-refractivity contribution in [1.82, 2.24) is 19.7 Å². The lowest BCUT2D eigenvalue weighted by Crippen LogP contribution is -1.92. The zero-order valence-electron chi connectivity index (χ0n) is 6.98. The number of pyridine rings is 1. The largest absolute Gasteiger partial charge is 0.315 e. The van der Waals surface area contributed by atoms with Crippen LogP contribution in [0.3, 0.4) is 0 Å². The van der Waals surface area contributed by atoms with Crippen molar-refractivity contribution in [3.8, 4) is 11.5 Å². The molecule has 5 heteroatoms. The number of aryl methyl sites for hydroxylation is 1. The van der Waals surface area contributed by atoms with Crippen molar-refractivity contribution in [3.05, 3.63) is 29.7 Å². The van der Waals surface area contributed by atoms with Crippen LogP contribution < -0.4 is 0 Å². The number of halogens is 1. The van der Waals surface area contributed by atoms with E-state index in [1.807, 2.05) is 13.1 Å². The molecule has 0 bridgehead atoms. The van der Waals surface area contributed by atoms with Crippen LogP contribution in [0.2, 0.25) is 5.02 Å². The third-order valence-corrected chi connectivity index (χ3v) is 1.89. The number of hydrogen-bond acceptors (Lipinski definition) is 3. The molecule has 4 nitrogen and oxygen atoms in total. The van der Waals surface area contributed by atoms with E-state index in [-0.39, 0.29) is 0 Å². The van der Waals surface area contributed by atoms with Gasteiger partial charge in [-0.3, -0.25) is 4.98 Å². The minimum Gasteiger partial charge on any atom is -0.315 e. The summed E-state index contributed by atoms with van der Waals surface area (Å²) in [5.74, 6) is 0.733. The van der Waals surface area contributed by atoms with E-state index in [4.69, 9.17) is 11.6 Å². The predicted octanol–water partition coefficient (Wildman–Crippen LogP) is 1.53. The van der Waals surface area contributed by atoms with Gasteiger partial charge in [0, 0.05) is 13.2 Å². The smallest absolute Gasteiger partial charge is 0.182 e. The van der Waals surface area contributed by atoms with E-state index in [0.29, 0.717) is 5.02 Å². The fourth-order valence-electron chi connectivity index (χ4n) is 1.02. The van der Waals surface area contributed by atoms with Crippen molar-refractivity contribution in [2.24, 2.45) is 7.05 Å². The molecular formula is C8H7ClN4. The lowest BCUT2D eigenvalue weighted by atomic mass is 10.3. The van der Waals surface area contributed by atoms with Gasteiger partial charge in [0.1, 0.15) is 12.0 Å². The van der Waals surface area contributed by atoms with Gasteiger partial charge < -0.3 is 4.57 Å². The summed E-state index contributed by atoms with van der Waals surface area (Å²) >= 11 is 5.71. The second kappa shape index (κ2) is 3.14. The molecule has 13 heavy (non-hydrogen) atoms. The lowest BCUT2D eigenvalue weighted by molar-refractivity contribution is 0.914. The first kappa shape index (κ1) is 8.19. The van der Waals surface area contributed by atoms with Crippen LogP contribution in [-0.2, 0) is 7.05 Å². The summed E-state index contributed by atoms with van der Waals surface area (Å²) in [6, 6.07) is 3.59. The van der Waals surface area contributed by atoms with Gasteiger partial charge in [0.15, 0.2) is 5.82 Å². The fourth-order valence-corrected chi connectivity index (χ4v) is 1.13. The van der Waals surface area contributed by atoms with E-state index in [2.05, 4.69) is 15.2 Å². The minimum atomic E-state index is 0.617. The second-order valence-electron chi connectivity index (χ2n) is 2.63. The quantitative estimate of drug-likeness (QED) is 0.692. The SMILES string of the molecule is Cn1cnnc1-c1ccc(Cl)cn1. The zero-order valence-corrected chi connectivity index (χ0v) is 7.73. The third kappa shape index (κ3) is 1.53. The monoisotopic (exact) mass is 194 g/mol. The minimum absolute atomic E-state index is 0.617. The highest BCUT2D eigenvalue weighted by Gasteiger charge is 2.04. The van der Waals surface area contributed by atoms with Gasteiger partial charge in [0.25, 0.3) is 0 Å². The van der Waals surface area contributed by atoms with Crippen LogP contribution in [0.25, 0.3) is 11.5 Å². The average Bonchev–Trinajstić information content (AvgIpc) is 2.53. The summed E-state index contributed by atoms with van der Waals surface area (Å²) in [6.45, 7) is 0. The van der Waals surface area contributed by atoms with Crippen LogP contribution >= 0.6 is 11.6 Å². The van der Waals surface area contributed by atoms with Crippen LogP contribution in [0.4, 0.5) is 0 Å². The number of hydrogen-bond donors (Lipinski definition) is 0. The van der Waals surface area contributed by atoms with Crippen molar-refractivity contribution < 1.29 is 0 Å². The lowest BCUT2D eigenvalue weighted by Gasteiger charge is -1.98. The Morgan fingerprint density at radius 3 is 2.77 bits per heavy atom. The van der Waals surface area contributed by atoms with Gasteiger partial charge >= 0.3 is 0 Å². The predicted molar refractivity (Wildman–Crippen MR) is 49.2 cm³/mol. The molecule has 0 aromatic carbocycles. The Balaban J connectivity index is 2.47. The van der Waals surface area contributed by atoms with Crippen LogP contribution in [-0.4, -0.2) is 19.7 Å². The molecule has 0 fully saturated rings. The van der Waals surface area contributed by atoms with Gasteiger partial charge in [0.05, 0.1) is 5.02 Å². The van der Waals surface area contributed by atoms with E-state index < -0.39 is 0 Å². The fraction of sp³-hybridized carbons (Fsp3) is 0.125. The highest BCUT2D eigenvalue weighted by atomic mass is 35.5. The standard InChI is InChI=1S/C8H7ClN4/c1-13-5-11-12-8(13)7-3-2-6(9)4-10-7/h2-5H,1H3. The first-order valence-electron chi connectivity index (χ1n) is 3.73. The van der Waals surface area contributed by atoms with Crippen molar-refractivity contribution in [1.29, 1.82) is 0 Å². The molecule has 0 amide bonds. The Labute approximate surface area is 80.2 Å². The molecule has 2 heterocycles. The van der Waals surface area contributed by atoms with E-state index in [1.165, 1.54) is 0 Å². The average molecular weight is 195 g/mol. The Morgan fingerprint density at radius 1 is 1.38 bits per heavy atom. The molecule has 0 saturated heterocycles. The first-order chi connectivity index (χ1) is 6.27. The molecule has 2 rings (SSSR count). The summed E-state index contributed by atoms with van der Waals surface area (Å²) in [7, 11) is 1.87. The maximum Gasteiger partial charge on any atom is 0.182 e. The van der Waals surface area contributed by atoms with Gasteiger partial charge in [-0.05, 0) is 12.1 Å². The summed E-state index contributed by atoms with van der Waals surface area (Å²) in [5.41, 5.74) is 0.768. The highest BCUT2D eigenvalue weighted by molar-refractivity contribution is 6.30. The Bertz CT molecular complexity index is 406. The molecule has 0 aliphatic heterocycles. The third-order valence-electron chi connectivity index (χ3n) is 1.67. The first-order valence-corrected chi connectivity index (χ1v) is 4.11. The van der Waals surface area contributed by atoms with E-state index in [1.54, 1.807) is 23.2 Å². The summed E-state index contributed by atoms with van der Waals surface area (Å²) in [6.07, 6.45) is 3.22. The van der Waals surface area contributed by atoms with Gasteiger partial charge in [-0.2, -0.15) is 0 Å². The molecule has 0 N–H and O–H groups in total. The molecule has 66 valence electrons. The van der Waals surface area contributed by atoms with Crippen molar-refractivity contribution >= 4 is 11.6 Å². The van der Waals surface area contributed by atoms with Crippen molar-refractivity contribution in [3.63, 3.8) is 0 Å². The van der Waals surface area contributed by atoms with Crippen LogP contribution in [0.1, 0.15) is 0 Å². The molecule has 0 radical (unpaired) electrons. The summed E-state index contributed by atoms with van der Waals surface area (Å²) in [4.78, 5) is 4.13. The van der Waals surface area contributed by atoms with E-state index >= 15 is 0 Å². The maximum absolute atomic E-state index is 5.71. The molecule has 0 aliphatic rings. The van der Waals surface area contributed by atoms with Gasteiger partial charge in [-0.1, -0.05) is 11.6 Å². The highest BCUT2D eigenvalue weighted by Crippen LogP contribution is 2.14. The van der Waals surface area contributed by atoms with Crippen molar-refractivity contribution in [2.45, 2.75) is 0 Å². The van der Waals surface area contributed by atoms with Crippen LogP contribution in [0.15, 0.2) is 24.7 Å². The molecule has 0 aliphatic carbocycles. The van der Waals surface area contributed by atoms with Gasteiger partial charge in [0.2, 0.25) is 0 Å². The maximum atomic E-state index is 5.71. The van der Waals surface area contributed by atoms with E-state index in [0.717, 1.165) is 11.5 Å². The number of nitrogens with zero attached hydrogens (tertiary/aromatic N) is 4. The zero-order chi connectivity index (χ0) is 9.26. The van der Waals surface area contributed by atoms with Crippen LogP contribution in [0.5, 0.6) is 0 Å². The Hall–Kier alpha value is -1.42. The number of rotatable bonds is 1. The molecular weight excluding hydrogens is 188 g/mol. The normalized spacial score (nSPS) is 10.3. The molecule has 0 saturated carbocycles. The molecule has 0 unspecified atom stereocenters. The topological polar surface area (TPSA) is 43.6 Å². The van der Waals surface area contributed by atoms with Crippen LogP contribution in [0, 0.1) is 0 Å². The summed E-state index contributed by atoms with van der Waals surface area (Å²) in [5, 5.41) is 8.30. The van der Waals surface area contributed by atoms with Gasteiger partial charge in [-0.25, -0.2) is 0 Å². The molecule has 0 spiro atoms. The number of aromatic nitrogens is 4. The second-order valence-corrected chi connectivity index (χ2v) is 3.06. The molecule has 2 aromatic rings. The van der Waals surface area contributed by atoms with Gasteiger partial charge in [-0.15, -0.1) is 10.2 Å². The van der Waals surface area contributed by atoms with E-state index in [9.17, 15) is 0 Å². The molecule has 0 atom stereocenters. The Kier molecular flexibility index (Phi) is 1.98. The van der Waals surface area contributed by atoms with Crippen molar-refractivity contribution in [2.75, 3.05) is 0 Å². The molecule has 2 aromatic heterocycles. The summed E-state index contributed by atoms with van der Waals surface area (Å²) < 4.78 is 1.80.